The molecule has 17 heavy (non-hydrogen) atoms. The first-order valence-electron chi connectivity index (χ1n) is 5.92. The molecule has 0 atom stereocenters. The predicted octanol–water partition coefficient (Wildman–Crippen LogP) is 2.55. The number of anilines is 2. The van der Waals surface area contributed by atoms with Crippen LogP contribution in [0.15, 0.2) is 60.7 Å². The van der Waals surface area contributed by atoms with Crippen LogP contribution in [0, 0.1) is 0 Å². The monoisotopic (exact) mass is 221 g/mol. The summed E-state index contributed by atoms with van der Waals surface area (Å²) in [6, 6.07) is 21.0. The smallest absolute Gasteiger partial charge is 0.391 e. The molecular weight excluding hydrogens is 207 g/mol. The Morgan fingerprint density at radius 1 is 0.647 bits per heavy atom. The van der Waals surface area contributed by atoms with Gasteiger partial charge in [0.25, 0.3) is 0 Å². The molecule has 0 aromatic heterocycles. The zero-order valence-corrected chi connectivity index (χ0v) is 9.66. The summed E-state index contributed by atoms with van der Waals surface area (Å²) >= 11 is 0. The van der Waals surface area contributed by atoms with Crippen molar-refractivity contribution in [2.45, 2.75) is 0 Å². The lowest BCUT2D eigenvalue weighted by atomic mass is 10.1. The second-order valence-electron chi connectivity index (χ2n) is 4.17. The van der Waals surface area contributed by atoms with Gasteiger partial charge in [-0.3, -0.25) is 0 Å². The van der Waals surface area contributed by atoms with Crippen LogP contribution >= 0.6 is 0 Å². The summed E-state index contributed by atoms with van der Waals surface area (Å²) in [6.07, 6.45) is 0. The minimum Gasteiger partial charge on any atom is -0.397 e. The van der Waals surface area contributed by atoms with E-state index in [-0.39, 0.29) is 0 Å². The molecule has 2 aromatic rings. The summed E-state index contributed by atoms with van der Waals surface area (Å²) in [4.78, 5) is 4.57. The van der Waals surface area contributed by atoms with Crippen LogP contribution in [0.5, 0.6) is 0 Å². The standard InChI is InChI=1S/C14H14BN2/c1-3-7-13(8-4-1)16-11-12-17(15-16)14-9-5-2-6-10-14/h1-10H,11-12H2. The summed E-state index contributed by atoms with van der Waals surface area (Å²) in [5.74, 6) is 0. The van der Waals surface area contributed by atoms with Gasteiger partial charge in [-0.2, -0.15) is 0 Å². The molecule has 0 amide bonds. The molecule has 1 aliphatic heterocycles. The molecule has 1 saturated heterocycles. The van der Waals surface area contributed by atoms with Crippen LogP contribution in [0.2, 0.25) is 0 Å². The Bertz CT molecular complexity index is 427. The van der Waals surface area contributed by atoms with E-state index in [1.807, 2.05) is 0 Å². The van der Waals surface area contributed by atoms with E-state index in [1.54, 1.807) is 0 Å². The van der Waals surface area contributed by atoms with Gasteiger partial charge in [-0.05, 0) is 24.3 Å². The molecule has 0 aliphatic carbocycles. The lowest BCUT2D eigenvalue weighted by Crippen LogP contribution is -2.29. The van der Waals surface area contributed by atoms with Crippen LogP contribution < -0.4 is 9.62 Å². The van der Waals surface area contributed by atoms with Gasteiger partial charge in [0.2, 0.25) is 0 Å². The molecule has 0 unspecified atom stereocenters. The SMILES string of the molecule is [B]1N(c2ccccc2)CCN1c1ccccc1. The molecule has 1 fully saturated rings. The van der Waals surface area contributed by atoms with Gasteiger partial charge in [-0.15, -0.1) is 0 Å². The Hall–Kier alpha value is -1.90. The number of rotatable bonds is 2. The highest BCUT2D eigenvalue weighted by Crippen LogP contribution is 2.20. The van der Waals surface area contributed by atoms with Crippen molar-refractivity contribution < 1.29 is 0 Å². The van der Waals surface area contributed by atoms with Crippen LogP contribution in [0.25, 0.3) is 0 Å². The lowest BCUT2D eigenvalue weighted by Gasteiger charge is -2.18. The summed E-state index contributed by atoms with van der Waals surface area (Å²) in [7, 11) is 2.19. The summed E-state index contributed by atoms with van der Waals surface area (Å²) in [6.45, 7) is 2.08. The highest BCUT2D eigenvalue weighted by molar-refractivity contribution is 6.48. The third kappa shape index (κ3) is 2.14. The predicted molar refractivity (Wildman–Crippen MR) is 73.3 cm³/mol. The molecule has 1 aliphatic rings. The van der Waals surface area contributed by atoms with E-state index in [0.29, 0.717) is 0 Å². The number of para-hydroxylation sites is 2. The minimum absolute atomic E-state index is 1.04. The van der Waals surface area contributed by atoms with Crippen LogP contribution in [0.3, 0.4) is 0 Å². The van der Waals surface area contributed by atoms with Crippen molar-refractivity contribution in [3.63, 3.8) is 0 Å². The van der Waals surface area contributed by atoms with Crippen LogP contribution in [-0.4, -0.2) is 20.6 Å². The Morgan fingerprint density at radius 2 is 1.06 bits per heavy atom. The topological polar surface area (TPSA) is 6.48 Å². The van der Waals surface area contributed by atoms with E-state index in [4.69, 9.17) is 0 Å². The van der Waals surface area contributed by atoms with Gasteiger partial charge < -0.3 is 9.62 Å². The van der Waals surface area contributed by atoms with Gasteiger partial charge >= 0.3 is 7.55 Å². The molecule has 1 radical (unpaired) electrons. The first-order valence-corrected chi connectivity index (χ1v) is 5.92. The number of hydrogen-bond acceptors (Lipinski definition) is 2. The maximum absolute atomic E-state index is 2.28. The van der Waals surface area contributed by atoms with E-state index in [1.165, 1.54) is 11.4 Å². The van der Waals surface area contributed by atoms with Crippen molar-refractivity contribution in [2.75, 3.05) is 22.7 Å². The highest BCUT2D eigenvalue weighted by Gasteiger charge is 2.22. The van der Waals surface area contributed by atoms with Gasteiger partial charge in [0.05, 0.1) is 0 Å². The van der Waals surface area contributed by atoms with Gasteiger partial charge in [-0.1, -0.05) is 36.4 Å². The van der Waals surface area contributed by atoms with Gasteiger partial charge in [0.1, 0.15) is 0 Å². The first-order chi connectivity index (χ1) is 8.43. The largest absolute Gasteiger partial charge is 0.397 e. The van der Waals surface area contributed by atoms with E-state index >= 15 is 0 Å². The average molecular weight is 221 g/mol. The fourth-order valence-electron chi connectivity index (χ4n) is 2.13. The van der Waals surface area contributed by atoms with Crippen LogP contribution in [0.4, 0.5) is 11.4 Å². The molecule has 2 aromatic carbocycles. The second kappa shape index (κ2) is 4.54. The number of nitrogens with zero attached hydrogens (tertiary/aromatic N) is 2. The molecule has 0 spiro atoms. The second-order valence-corrected chi connectivity index (χ2v) is 4.17. The van der Waals surface area contributed by atoms with Crippen molar-refractivity contribution in [2.24, 2.45) is 0 Å². The van der Waals surface area contributed by atoms with Crippen molar-refractivity contribution in [3.8, 4) is 0 Å². The Balaban J connectivity index is 1.75. The van der Waals surface area contributed by atoms with Crippen molar-refractivity contribution in [1.29, 1.82) is 0 Å². The van der Waals surface area contributed by atoms with E-state index in [9.17, 15) is 0 Å². The molecule has 0 bridgehead atoms. The highest BCUT2D eigenvalue weighted by atomic mass is 15.3. The maximum atomic E-state index is 2.28. The average Bonchev–Trinajstić information content (AvgIpc) is 2.90. The van der Waals surface area contributed by atoms with Crippen molar-refractivity contribution in [3.05, 3.63) is 60.7 Å². The van der Waals surface area contributed by atoms with Crippen molar-refractivity contribution >= 4 is 18.9 Å². The third-order valence-electron chi connectivity index (χ3n) is 3.04. The van der Waals surface area contributed by atoms with E-state index in [0.717, 1.165) is 13.1 Å². The minimum atomic E-state index is 1.04. The van der Waals surface area contributed by atoms with Gasteiger partial charge in [-0.25, -0.2) is 0 Å². The quantitative estimate of drug-likeness (QED) is 0.719. The van der Waals surface area contributed by atoms with E-state index in [2.05, 4.69) is 77.8 Å². The first kappa shape index (κ1) is 10.3. The summed E-state index contributed by atoms with van der Waals surface area (Å²) in [5, 5.41) is 0. The van der Waals surface area contributed by atoms with Crippen molar-refractivity contribution in [1.82, 2.24) is 0 Å². The zero-order chi connectivity index (χ0) is 11.5. The molecule has 2 nitrogen and oxygen atoms in total. The lowest BCUT2D eigenvalue weighted by molar-refractivity contribution is 1.02. The molecule has 0 saturated carbocycles. The van der Waals surface area contributed by atoms with E-state index < -0.39 is 0 Å². The third-order valence-corrected chi connectivity index (χ3v) is 3.04. The van der Waals surface area contributed by atoms with Crippen LogP contribution in [0.1, 0.15) is 0 Å². The maximum Gasteiger partial charge on any atom is 0.391 e. The molecular formula is C14H14BN2. The molecule has 83 valence electrons. The Morgan fingerprint density at radius 3 is 1.47 bits per heavy atom. The zero-order valence-electron chi connectivity index (χ0n) is 9.66. The van der Waals surface area contributed by atoms with Crippen LogP contribution in [-0.2, 0) is 0 Å². The number of hydrogen-bond donors (Lipinski definition) is 0. The number of benzene rings is 2. The molecule has 3 rings (SSSR count). The Kier molecular flexibility index (Phi) is 2.74. The Labute approximate surface area is 103 Å². The van der Waals surface area contributed by atoms with Gasteiger partial charge in [0.15, 0.2) is 0 Å². The fourth-order valence-corrected chi connectivity index (χ4v) is 2.13. The molecule has 0 N–H and O–H groups in total. The molecule has 1 heterocycles. The molecule has 3 heteroatoms. The summed E-state index contributed by atoms with van der Waals surface area (Å²) in [5.41, 5.74) is 2.51. The summed E-state index contributed by atoms with van der Waals surface area (Å²) < 4.78 is 0. The van der Waals surface area contributed by atoms with Gasteiger partial charge in [0, 0.05) is 24.5 Å². The fraction of sp³-hybridized carbons (Fsp3) is 0.143. The normalized spacial score (nSPS) is 14.8.